The number of nitrogen functional groups attached to an aromatic ring is 1. The first kappa shape index (κ1) is 13.4. The maximum Gasteiger partial charge on any atom is 0.223 e. The molecule has 2 heterocycles. The Kier molecular flexibility index (Phi) is 3.70. The molecule has 0 amide bonds. The minimum atomic E-state index is 0.120. The summed E-state index contributed by atoms with van der Waals surface area (Å²) in [7, 11) is 0. The Hall–Kier alpha value is -2.60. The van der Waals surface area contributed by atoms with Gasteiger partial charge in [-0.15, -0.1) is 0 Å². The molecule has 0 radical (unpaired) electrons. The number of hydrogen-bond acceptors (Lipinski definition) is 6. The fourth-order valence-electron chi connectivity index (χ4n) is 1.84. The number of halogens is 1. The van der Waals surface area contributed by atoms with Crippen LogP contribution < -0.4 is 11.1 Å². The number of nitrogens with zero attached hydrogens (tertiary/aromatic N) is 3. The van der Waals surface area contributed by atoms with E-state index < -0.39 is 0 Å². The van der Waals surface area contributed by atoms with Crippen LogP contribution in [0.3, 0.4) is 0 Å². The second-order valence-corrected chi connectivity index (χ2v) is 4.72. The summed E-state index contributed by atoms with van der Waals surface area (Å²) in [6.45, 7) is 0.448. The highest BCUT2D eigenvalue weighted by molar-refractivity contribution is 6.29. The van der Waals surface area contributed by atoms with E-state index in [1.807, 2.05) is 36.4 Å². The van der Waals surface area contributed by atoms with Crippen molar-refractivity contribution in [1.82, 2.24) is 15.1 Å². The standard InChI is InChI=1S/C14H12ClN5O/c15-12-7-13(19-14(16)18-12)17-8-10-6-11(21-20-10)9-4-2-1-3-5-9/h1-7H,8H2,(H3,16,17,18,19). The Balaban J connectivity index is 1.70. The van der Waals surface area contributed by atoms with Gasteiger partial charge in [0.25, 0.3) is 0 Å². The van der Waals surface area contributed by atoms with E-state index in [1.54, 1.807) is 6.07 Å². The predicted molar refractivity (Wildman–Crippen MR) is 80.7 cm³/mol. The van der Waals surface area contributed by atoms with Gasteiger partial charge in [-0.3, -0.25) is 0 Å². The number of benzene rings is 1. The molecule has 3 rings (SSSR count). The van der Waals surface area contributed by atoms with Crippen molar-refractivity contribution < 1.29 is 4.52 Å². The summed E-state index contributed by atoms with van der Waals surface area (Å²) in [4.78, 5) is 7.82. The van der Waals surface area contributed by atoms with Crippen molar-refractivity contribution in [3.63, 3.8) is 0 Å². The molecule has 0 aliphatic heterocycles. The number of aromatic nitrogens is 3. The van der Waals surface area contributed by atoms with Crippen LogP contribution in [0.2, 0.25) is 5.15 Å². The van der Waals surface area contributed by atoms with Gasteiger partial charge in [0, 0.05) is 17.7 Å². The predicted octanol–water partition coefficient (Wildman–Crippen LogP) is 2.98. The quantitative estimate of drug-likeness (QED) is 0.720. The first-order chi connectivity index (χ1) is 10.2. The van der Waals surface area contributed by atoms with Crippen molar-refractivity contribution in [3.8, 4) is 11.3 Å². The van der Waals surface area contributed by atoms with Crippen molar-refractivity contribution in [2.45, 2.75) is 6.54 Å². The van der Waals surface area contributed by atoms with Crippen LogP contribution in [0.25, 0.3) is 11.3 Å². The number of nitrogens with one attached hydrogen (secondary N) is 1. The maximum atomic E-state index is 5.81. The molecule has 0 fully saturated rings. The molecular weight excluding hydrogens is 290 g/mol. The summed E-state index contributed by atoms with van der Waals surface area (Å²) in [5.74, 6) is 1.37. The van der Waals surface area contributed by atoms with Crippen LogP contribution in [0.15, 0.2) is 47.0 Å². The largest absolute Gasteiger partial charge is 0.368 e. The van der Waals surface area contributed by atoms with Gasteiger partial charge in [0.1, 0.15) is 16.7 Å². The Bertz CT molecular complexity index is 724. The van der Waals surface area contributed by atoms with E-state index in [0.717, 1.165) is 11.3 Å². The zero-order valence-corrected chi connectivity index (χ0v) is 11.7. The third-order valence-electron chi connectivity index (χ3n) is 2.78. The molecule has 3 aromatic rings. The molecule has 0 aliphatic rings. The minimum absolute atomic E-state index is 0.120. The first-order valence-corrected chi connectivity index (χ1v) is 6.63. The normalized spacial score (nSPS) is 10.5. The van der Waals surface area contributed by atoms with Crippen LogP contribution >= 0.6 is 11.6 Å². The summed E-state index contributed by atoms with van der Waals surface area (Å²) in [5.41, 5.74) is 7.26. The van der Waals surface area contributed by atoms with Crippen LogP contribution in [0, 0.1) is 0 Å². The molecule has 6 nitrogen and oxygen atoms in total. The van der Waals surface area contributed by atoms with Crippen molar-refractivity contribution in [2.24, 2.45) is 0 Å². The van der Waals surface area contributed by atoms with E-state index >= 15 is 0 Å². The van der Waals surface area contributed by atoms with Crippen molar-refractivity contribution in [3.05, 3.63) is 53.3 Å². The Morgan fingerprint density at radius 1 is 1.14 bits per heavy atom. The van der Waals surface area contributed by atoms with E-state index in [-0.39, 0.29) is 11.1 Å². The number of nitrogens with two attached hydrogens (primary N) is 1. The topological polar surface area (TPSA) is 89.9 Å². The highest BCUT2D eigenvalue weighted by Gasteiger charge is 2.07. The summed E-state index contributed by atoms with van der Waals surface area (Å²) >= 11 is 5.81. The van der Waals surface area contributed by atoms with E-state index in [4.69, 9.17) is 21.9 Å². The number of hydrogen-bond donors (Lipinski definition) is 2. The number of anilines is 2. The Morgan fingerprint density at radius 3 is 2.71 bits per heavy atom. The third-order valence-corrected chi connectivity index (χ3v) is 2.97. The van der Waals surface area contributed by atoms with Crippen LogP contribution in [0.1, 0.15) is 5.69 Å². The fourth-order valence-corrected chi connectivity index (χ4v) is 2.03. The average molecular weight is 302 g/mol. The highest BCUT2D eigenvalue weighted by Crippen LogP contribution is 2.20. The first-order valence-electron chi connectivity index (χ1n) is 6.25. The summed E-state index contributed by atoms with van der Waals surface area (Å²) in [6.07, 6.45) is 0. The van der Waals surface area contributed by atoms with Crippen LogP contribution in [0.4, 0.5) is 11.8 Å². The molecule has 0 bridgehead atoms. The zero-order chi connectivity index (χ0) is 14.7. The summed E-state index contributed by atoms with van der Waals surface area (Å²) < 4.78 is 5.31. The van der Waals surface area contributed by atoms with Crippen LogP contribution in [-0.2, 0) is 6.54 Å². The average Bonchev–Trinajstić information content (AvgIpc) is 2.94. The van der Waals surface area contributed by atoms with E-state index in [1.165, 1.54) is 0 Å². The molecule has 0 spiro atoms. The van der Waals surface area contributed by atoms with Gasteiger partial charge in [-0.25, -0.2) is 4.98 Å². The fraction of sp³-hybridized carbons (Fsp3) is 0.0714. The van der Waals surface area contributed by atoms with Gasteiger partial charge in [-0.05, 0) is 0 Å². The van der Waals surface area contributed by atoms with E-state index in [9.17, 15) is 0 Å². The van der Waals surface area contributed by atoms with Gasteiger partial charge in [0.05, 0.1) is 6.54 Å². The van der Waals surface area contributed by atoms with Gasteiger partial charge < -0.3 is 15.6 Å². The van der Waals surface area contributed by atoms with Gasteiger partial charge in [-0.2, -0.15) is 4.98 Å². The smallest absolute Gasteiger partial charge is 0.223 e. The number of rotatable bonds is 4. The molecule has 0 atom stereocenters. The lowest BCUT2D eigenvalue weighted by Crippen LogP contribution is -2.04. The Labute approximate surface area is 126 Å². The van der Waals surface area contributed by atoms with Gasteiger partial charge in [0.15, 0.2) is 5.76 Å². The molecule has 0 saturated carbocycles. The lowest BCUT2D eigenvalue weighted by molar-refractivity contribution is 0.424. The molecule has 21 heavy (non-hydrogen) atoms. The highest BCUT2D eigenvalue weighted by atomic mass is 35.5. The molecule has 0 saturated heterocycles. The third kappa shape index (κ3) is 3.29. The van der Waals surface area contributed by atoms with Gasteiger partial charge in [-0.1, -0.05) is 47.1 Å². The molecule has 2 aromatic heterocycles. The minimum Gasteiger partial charge on any atom is -0.368 e. The summed E-state index contributed by atoms with van der Waals surface area (Å²) in [6, 6.07) is 13.2. The van der Waals surface area contributed by atoms with E-state index in [2.05, 4.69) is 20.4 Å². The molecule has 3 N–H and O–H groups in total. The monoisotopic (exact) mass is 301 g/mol. The second-order valence-electron chi connectivity index (χ2n) is 4.34. The zero-order valence-electron chi connectivity index (χ0n) is 11.0. The van der Waals surface area contributed by atoms with Gasteiger partial charge >= 0.3 is 0 Å². The van der Waals surface area contributed by atoms with Crippen molar-refractivity contribution in [1.29, 1.82) is 0 Å². The van der Waals surface area contributed by atoms with Gasteiger partial charge in [0.2, 0.25) is 5.95 Å². The Morgan fingerprint density at radius 2 is 1.95 bits per heavy atom. The van der Waals surface area contributed by atoms with Crippen molar-refractivity contribution >= 4 is 23.4 Å². The molecular formula is C14H12ClN5O. The molecule has 1 aromatic carbocycles. The lowest BCUT2D eigenvalue weighted by Gasteiger charge is -2.03. The maximum absolute atomic E-state index is 5.81. The lowest BCUT2D eigenvalue weighted by atomic mass is 10.2. The molecule has 0 unspecified atom stereocenters. The molecule has 106 valence electrons. The van der Waals surface area contributed by atoms with Crippen LogP contribution in [-0.4, -0.2) is 15.1 Å². The summed E-state index contributed by atoms with van der Waals surface area (Å²) in [5, 5.41) is 7.36. The van der Waals surface area contributed by atoms with E-state index in [0.29, 0.717) is 18.1 Å². The van der Waals surface area contributed by atoms with Crippen molar-refractivity contribution in [2.75, 3.05) is 11.1 Å². The molecule has 7 heteroatoms. The molecule has 0 aliphatic carbocycles. The van der Waals surface area contributed by atoms with Crippen LogP contribution in [0.5, 0.6) is 0 Å². The SMILES string of the molecule is Nc1nc(Cl)cc(NCc2cc(-c3ccccc3)on2)n1. The second kappa shape index (κ2) is 5.80.